The van der Waals surface area contributed by atoms with Crippen LogP contribution in [-0.2, 0) is 13.0 Å². The maximum Gasteiger partial charge on any atom is 0.155 e. The molecule has 3 aromatic rings. The summed E-state index contributed by atoms with van der Waals surface area (Å²) in [5.74, 6) is 1.05. The molecule has 5 heterocycles. The molecule has 0 aliphatic carbocycles. The van der Waals surface area contributed by atoms with Crippen molar-refractivity contribution in [2.75, 3.05) is 0 Å². The summed E-state index contributed by atoms with van der Waals surface area (Å²) in [6.07, 6.45) is 7.31. The monoisotopic (exact) mass is 294 g/mol. The average molecular weight is 294 g/mol. The van der Waals surface area contributed by atoms with E-state index in [1.165, 1.54) is 24.1 Å². The minimum atomic E-state index is 0.445. The van der Waals surface area contributed by atoms with Gasteiger partial charge in [-0.1, -0.05) is 0 Å². The van der Waals surface area contributed by atoms with Crippen molar-refractivity contribution >= 4 is 5.65 Å². The van der Waals surface area contributed by atoms with Gasteiger partial charge in [0.25, 0.3) is 0 Å². The largest absolute Gasteiger partial charge is 0.468 e. The van der Waals surface area contributed by atoms with E-state index in [0.29, 0.717) is 12.1 Å². The molecule has 0 N–H and O–H groups in total. The smallest absolute Gasteiger partial charge is 0.155 e. The SMILES string of the molecule is Cc1cc2ncc3c(n2n1)CC1CCC3N1Cc1ccco1. The van der Waals surface area contributed by atoms with E-state index in [9.17, 15) is 0 Å². The van der Waals surface area contributed by atoms with Gasteiger partial charge in [-0.05, 0) is 31.9 Å². The third-order valence-corrected chi connectivity index (χ3v) is 5.09. The first kappa shape index (κ1) is 12.4. The molecule has 0 aromatic carbocycles. The lowest BCUT2D eigenvalue weighted by Gasteiger charge is -2.35. The van der Waals surface area contributed by atoms with E-state index in [4.69, 9.17) is 4.42 Å². The highest BCUT2D eigenvalue weighted by Gasteiger charge is 2.41. The molecular weight excluding hydrogens is 276 g/mol. The van der Waals surface area contributed by atoms with Gasteiger partial charge in [0.2, 0.25) is 0 Å². The van der Waals surface area contributed by atoms with E-state index in [0.717, 1.165) is 30.1 Å². The highest BCUT2D eigenvalue weighted by Crippen LogP contribution is 2.44. The van der Waals surface area contributed by atoms with Gasteiger partial charge in [-0.25, -0.2) is 9.50 Å². The summed E-state index contributed by atoms with van der Waals surface area (Å²) in [6.45, 7) is 2.92. The molecule has 22 heavy (non-hydrogen) atoms. The number of fused-ring (bicyclic) bond motifs is 6. The Bertz CT molecular complexity index is 836. The summed E-state index contributed by atoms with van der Waals surface area (Å²) in [6, 6.07) is 7.11. The molecule has 0 spiro atoms. The molecule has 0 saturated carbocycles. The number of rotatable bonds is 2. The van der Waals surface area contributed by atoms with Gasteiger partial charge in [-0.2, -0.15) is 5.10 Å². The predicted octanol–water partition coefficient (Wildman–Crippen LogP) is 2.89. The molecule has 5 rings (SSSR count). The minimum absolute atomic E-state index is 0.445. The molecule has 1 fully saturated rings. The third kappa shape index (κ3) is 1.69. The van der Waals surface area contributed by atoms with Gasteiger partial charge in [-0.15, -0.1) is 0 Å². The number of aryl methyl sites for hydroxylation is 1. The van der Waals surface area contributed by atoms with Crippen LogP contribution in [-0.4, -0.2) is 25.5 Å². The molecule has 5 heteroatoms. The molecule has 1 saturated heterocycles. The van der Waals surface area contributed by atoms with Crippen LogP contribution in [0.4, 0.5) is 0 Å². The number of hydrogen-bond donors (Lipinski definition) is 0. The quantitative estimate of drug-likeness (QED) is 0.729. The van der Waals surface area contributed by atoms with Crippen LogP contribution in [0.2, 0.25) is 0 Å². The Morgan fingerprint density at radius 1 is 1.36 bits per heavy atom. The average Bonchev–Trinajstić information content (AvgIpc) is 3.19. The minimum Gasteiger partial charge on any atom is -0.468 e. The standard InChI is InChI=1S/C17H18N4O/c1-11-7-17-18-9-14-15-5-4-12(8-16(14)21(17)19-11)20(15)10-13-3-2-6-22-13/h2-3,6-7,9,12,15H,4-5,8,10H2,1H3. The fourth-order valence-electron chi connectivity index (χ4n) is 4.13. The Labute approximate surface area is 128 Å². The van der Waals surface area contributed by atoms with Gasteiger partial charge in [-0.3, -0.25) is 4.90 Å². The summed E-state index contributed by atoms with van der Waals surface area (Å²) in [4.78, 5) is 7.19. The lowest BCUT2D eigenvalue weighted by atomic mass is 9.99. The Kier molecular flexibility index (Phi) is 2.50. The van der Waals surface area contributed by atoms with Gasteiger partial charge in [0, 0.05) is 36.3 Å². The molecular formula is C17H18N4O. The van der Waals surface area contributed by atoms with Crippen LogP contribution >= 0.6 is 0 Å². The van der Waals surface area contributed by atoms with Crippen molar-refractivity contribution in [3.63, 3.8) is 0 Å². The van der Waals surface area contributed by atoms with Crippen LogP contribution in [0.15, 0.2) is 35.1 Å². The van der Waals surface area contributed by atoms with Crippen molar-refractivity contribution in [2.45, 2.75) is 44.8 Å². The summed E-state index contributed by atoms with van der Waals surface area (Å²) in [7, 11) is 0. The lowest BCUT2D eigenvalue weighted by molar-refractivity contribution is 0.152. The number of nitrogens with zero attached hydrogens (tertiary/aromatic N) is 4. The highest BCUT2D eigenvalue weighted by atomic mass is 16.3. The van der Waals surface area contributed by atoms with Crippen LogP contribution in [0.25, 0.3) is 5.65 Å². The van der Waals surface area contributed by atoms with Gasteiger partial charge in [0.1, 0.15) is 5.76 Å². The lowest BCUT2D eigenvalue weighted by Crippen LogP contribution is -2.38. The Balaban J connectivity index is 1.59. The predicted molar refractivity (Wildman–Crippen MR) is 81.4 cm³/mol. The van der Waals surface area contributed by atoms with Gasteiger partial charge in [0.15, 0.2) is 5.65 Å². The summed E-state index contributed by atoms with van der Waals surface area (Å²) in [5.41, 5.74) is 4.69. The topological polar surface area (TPSA) is 46.6 Å². The Morgan fingerprint density at radius 2 is 2.32 bits per heavy atom. The van der Waals surface area contributed by atoms with E-state index in [2.05, 4.69) is 37.8 Å². The second kappa shape index (κ2) is 4.43. The Hall–Kier alpha value is -2.14. The van der Waals surface area contributed by atoms with Crippen LogP contribution in [0.5, 0.6) is 0 Å². The number of hydrogen-bond acceptors (Lipinski definition) is 4. The fraction of sp³-hybridized carbons (Fsp3) is 0.412. The summed E-state index contributed by atoms with van der Waals surface area (Å²) < 4.78 is 7.60. The van der Waals surface area contributed by atoms with Crippen LogP contribution in [0.3, 0.4) is 0 Å². The summed E-state index contributed by atoms with van der Waals surface area (Å²) >= 11 is 0. The normalized spacial score (nSPS) is 24.0. The molecule has 2 bridgehead atoms. The van der Waals surface area contributed by atoms with Gasteiger partial charge < -0.3 is 4.42 Å². The van der Waals surface area contributed by atoms with Gasteiger partial charge >= 0.3 is 0 Å². The van der Waals surface area contributed by atoms with E-state index in [1.54, 1.807) is 6.26 Å². The molecule has 0 amide bonds. The zero-order chi connectivity index (χ0) is 14.7. The zero-order valence-corrected chi connectivity index (χ0v) is 12.6. The van der Waals surface area contributed by atoms with Crippen molar-refractivity contribution in [1.29, 1.82) is 0 Å². The van der Waals surface area contributed by atoms with Crippen molar-refractivity contribution in [2.24, 2.45) is 0 Å². The third-order valence-electron chi connectivity index (χ3n) is 5.09. The van der Waals surface area contributed by atoms with Crippen molar-refractivity contribution < 1.29 is 4.42 Å². The second-order valence-electron chi connectivity index (χ2n) is 6.42. The van der Waals surface area contributed by atoms with Crippen molar-refractivity contribution in [1.82, 2.24) is 19.5 Å². The molecule has 0 radical (unpaired) electrons. The van der Waals surface area contributed by atoms with Crippen molar-refractivity contribution in [3.05, 3.63) is 53.4 Å². The first-order chi connectivity index (χ1) is 10.8. The van der Waals surface area contributed by atoms with Crippen LogP contribution in [0, 0.1) is 6.92 Å². The Morgan fingerprint density at radius 3 is 3.18 bits per heavy atom. The molecule has 2 aliphatic rings. The molecule has 112 valence electrons. The second-order valence-corrected chi connectivity index (χ2v) is 6.42. The molecule has 5 nitrogen and oxygen atoms in total. The van der Waals surface area contributed by atoms with Gasteiger partial charge in [0.05, 0.1) is 24.2 Å². The molecule has 2 aliphatic heterocycles. The van der Waals surface area contributed by atoms with E-state index < -0.39 is 0 Å². The van der Waals surface area contributed by atoms with E-state index in [-0.39, 0.29) is 0 Å². The van der Waals surface area contributed by atoms with Crippen LogP contribution < -0.4 is 0 Å². The molecule has 2 atom stereocenters. The number of aromatic nitrogens is 3. The highest BCUT2D eigenvalue weighted by molar-refractivity contribution is 5.44. The first-order valence-electron chi connectivity index (χ1n) is 7.92. The summed E-state index contributed by atoms with van der Waals surface area (Å²) in [5, 5.41) is 4.64. The molecule has 3 aromatic heterocycles. The molecule has 2 unspecified atom stereocenters. The maximum atomic E-state index is 5.55. The van der Waals surface area contributed by atoms with E-state index >= 15 is 0 Å². The van der Waals surface area contributed by atoms with E-state index in [1.807, 2.05) is 13.0 Å². The number of furan rings is 1. The fourth-order valence-corrected chi connectivity index (χ4v) is 4.13. The maximum absolute atomic E-state index is 5.55. The van der Waals surface area contributed by atoms with Crippen molar-refractivity contribution in [3.8, 4) is 0 Å². The van der Waals surface area contributed by atoms with Crippen LogP contribution in [0.1, 0.15) is 41.6 Å². The first-order valence-corrected chi connectivity index (χ1v) is 7.92. The zero-order valence-electron chi connectivity index (χ0n) is 12.6.